The van der Waals surface area contributed by atoms with Crippen molar-refractivity contribution < 1.29 is 0 Å². The quantitative estimate of drug-likeness (QED) is 0.855. The van der Waals surface area contributed by atoms with Crippen LogP contribution in [-0.4, -0.2) is 19.3 Å². The van der Waals surface area contributed by atoms with E-state index in [0.717, 1.165) is 40.7 Å². The number of aromatic nitrogens is 4. The summed E-state index contributed by atoms with van der Waals surface area (Å²) in [5.41, 5.74) is 3.47. The lowest BCUT2D eigenvalue weighted by Gasteiger charge is -2.32. The van der Waals surface area contributed by atoms with E-state index in [1.54, 1.807) is 0 Å². The Labute approximate surface area is 131 Å². The van der Waals surface area contributed by atoms with Gasteiger partial charge in [0.15, 0.2) is 10.4 Å². The molecule has 0 aliphatic heterocycles. The Morgan fingerprint density at radius 3 is 2.52 bits per heavy atom. The monoisotopic (exact) mass is 306 g/mol. The molecule has 5 heteroatoms. The van der Waals surface area contributed by atoms with Crippen molar-refractivity contribution in [3.63, 3.8) is 0 Å². The Balaban J connectivity index is 2.10. The number of rotatable bonds is 3. The maximum absolute atomic E-state index is 5.63. The van der Waals surface area contributed by atoms with Crippen molar-refractivity contribution in [1.29, 1.82) is 0 Å². The van der Waals surface area contributed by atoms with Crippen LogP contribution in [0.3, 0.4) is 0 Å². The van der Waals surface area contributed by atoms with E-state index in [4.69, 9.17) is 17.3 Å². The molecule has 2 aromatic heterocycles. The maximum atomic E-state index is 5.63. The normalized spacial score (nSPS) is 26.6. The fourth-order valence-corrected chi connectivity index (χ4v) is 4.44. The van der Waals surface area contributed by atoms with Crippen LogP contribution in [0.4, 0.5) is 0 Å². The molecule has 0 saturated heterocycles. The van der Waals surface area contributed by atoms with Crippen LogP contribution >= 0.6 is 12.2 Å². The Morgan fingerprint density at radius 2 is 1.90 bits per heavy atom. The first-order valence-corrected chi connectivity index (χ1v) is 8.58. The minimum absolute atomic E-state index is 0.509. The zero-order chi connectivity index (χ0) is 15.1. The van der Waals surface area contributed by atoms with Gasteiger partial charge in [0.1, 0.15) is 5.52 Å². The van der Waals surface area contributed by atoms with Gasteiger partial charge in [-0.2, -0.15) is 5.10 Å². The Bertz CT molecular complexity index is 683. The van der Waals surface area contributed by atoms with Gasteiger partial charge in [-0.25, -0.2) is 0 Å². The summed E-state index contributed by atoms with van der Waals surface area (Å²) < 4.78 is 5.21. The second-order valence-corrected chi connectivity index (χ2v) is 7.28. The second kappa shape index (κ2) is 5.59. The summed E-state index contributed by atoms with van der Waals surface area (Å²) in [4.78, 5) is 3.42. The molecular formula is C16H26N4S. The number of nitrogens with one attached hydrogen (secondary N) is 1. The number of hydrogen-bond acceptors (Lipinski definition) is 2. The van der Waals surface area contributed by atoms with Crippen LogP contribution < -0.4 is 0 Å². The fraction of sp³-hybridized carbons (Fsp3) is 0.750. The molecule has 0 bridgehead atoms. The molecule has 1 saturated carbocycles. The summed E-state index contributed by atoms with van der Waals surface area (Å²) in [5, 5.41) is 4.69. The summed E-state index contributed by atoms with van der Waals surface area (Å²) in [6, 6.07) is 0.509. The molecule has 0 spiro atoms. The van der Waals surface area contributed by atoms with Crippen LogP contribution in [0, 0.1) is 16.6 Å². The van der Waals surface area contributed by atoms with Gasteiger partial charge in [0, 0.05) is 13.1 Å². The van der Waals surface area contributed by atoms with Crippen LogP contribution in [0.1, 0.15) is 58.2 Å². The van der Waals surface area contributed by atoms with Crippen molar-refractivity contribution in [2.24, 2.45) is 18.9 Å². The van der Waals surface area contributed by atoms with Crippen LogP contribution in [0.25, 0.3) is 11.2 Å². The van der Waals surface area contributed by atoms with Crippen molar-refractivity contribution in [3.05, 3.63) is 10.5 Å². The van der Waals surface area contributed by atoms with E-state index in [1.165, 1.54) is 24.9 Å². The van der Waals surface area contributed by atoms with Gasteiger partial charge in [-0.05, 0) is 49.7 Å². The molecule has 2 aromatic rings. The minimum Gasteiger partial charge on any atom is -0.328 e. The van der Waals surface area contributed by atoms with E-state index >= 15 is 0 Å². The predicted molar refractivity (Wildman–Crippen MR) is 89.1 cm³/mol. The van der Waals surface area contributed by atoms with Gasteiger partial charge >= 0.3 is 0 Å². The number of imidazole rings is 1. The number of aryl methyl sites for hydroxylation is 2. The number of nitrogens with zero attached hydrogens (tertiary/aromatic N) is 3. The molecule has 2 atom stereocenters. The maximum Gasteiger partial charge on any atom is 0.179 e. The zero-order valence-corrected chi connectivity index (χ0v) is 14.3. The molecule has 2 unspecified atom stereocenters. The van der Waals surface area contributed by atoms with E-state index in [-0.39, 0.29) is 0 Å². The molecule has 116 valence electrons. The number of aromatic amines is 1. The lowest BCUT2D eigenvalue weighted by atomic mass is 9.80. The summed E-state index contributed by atoms with van der Waals surface area (Å²) in [7, 11) is 2.04. The average Bonchev–Trinajstić information content (AvgIpc) is 2.87. The smallest absolute Gasteiger partial charge is 0.179 e. The van der Waals surface area contributed by atoms with E-state index in [9.17, 15) is 0 Å². The Hall–Kier alpha value is -1.10. The summed E-state index contributed by atoms with van der Waals surface area (Å²) in [5.74, 6) is 1.54. The fourth-order valence-electron chi connectivity index (χ4n) is 4.10. The van der Waals surface area contributed by atoms with Gasteiger partial charge in [0.2, 0.25) is 0 Å². The molecule has 0 aromatic carbocycles. The van der Waals surface area contributed by atoms with Crippen molar-refractivity contribution in [1.82, 2.24) is 19.3 Å². The second-order valence-electron chi connectivity index (χ2n) is 6.89. The van der Waals surface area contributed by atoms with E-state index in [2.05, 4.69) is 30.3 Å². The van der Waals surface area contributed by atoms with Crippen LogP contribution in [0.15, 0.2) is 0 Å². The van der Waals surface area contributed by atoms with Gasteiger partial charge < -0.3 is 4.98 Å². The summed E-state index contributed by atoms with van der Waals surface area (Å²) in [6.45, 7) is 6.92. The van der Waals surface area contributed by atoms with E-state index < -0.39 is 0 Å². The molecule has 0 radical (unpaired) electrons. The third-order valence-corrected chi connectivity index (χ3v) is 5.07. The van der Waals surface area contributed by atoms with Gasteiger partial charge in [0.25, 0.3) is 0 Å². The Kier molecular flexibility index (Phi) is 3.95. The summed E-state index contributed by atoms with van der Waals surface area (Å²) in [6.07, 6.45) is 5.89. The third-order valence-electron chi connectivity index (χ3n) is 4.77. The highest BCUT2D eigenvalue weighted by atomic mass is 32.1. The van der Waals surface area contributed by atoms with Crippen molar-refractivity contribution >= 4 is 23.4 Å². The highest BCUT2D eigenvalue weighted by molar-refractivity contribution is 7.71. The van der Waals surface area contributed by atoms with Crippen LogP contribution in [0.5, 0.6) is 0 Å². The van der Waals surface area contributed by atoms with Gasteiger partial charge in [-0.15, -0.1) is 0 Å². The standard InChI is InChI=1S/C16H26N4S/c1-5-6-13-14-15(19(4)18-13)20(16(21)17-14)12-8-10(2)7-11(3)9-12/h10-12H,5-9H2,1-4H3,(H,17,21). The largest absolute Gasteiger partial charge is 0.328 e. The highest BCUT2D eigenvalue weighted by Gasteiger charge is 2.28. The predicted octanol–water partition coefficient (Wildman–Crippen LogP) is 4.38. The van der Waals surface area contributed by atoms with E-state index in [1.807, 2.05) is 11.7 Å². The van der Waals surface area contributed by atoms with Crippen LogP contribution in [-0.2, 0) is 13.5 Å². The lowest BCUT2D eigenvalue weighted by molar-refractivity contribution is 0.222. The minimum atomic E-state index is 0.509. The van der Waals surface area contributed by atoms with Crippen molar-refractivity contribution in [3.8, 4) is 0 Å². The van der Waals surface area contributed by atoms with Gasteiger partial charge in [-0.3, -0.25) is 9.25 Å². The van der Waals surface area contributed by atoms with Gasteiger partial charge in [0.05, 0.1) is 5.69 Å². The lowest BCUT2D eigenvalue weighted by Crippen LogP contribution is -2.23. The molecule has 2 heterocycles. The van der Waals surface area contributed by atoms with Crippen molar-refractivity contribution in [2.45, 2.75) is 58.9 Å². The molecule has 4 nitrogen and oxygen atoms in total. The Morgan fingerprint density at radius 1 is 1.24 bits per heavy atom. The first-order chi connectivity index (χ1) is 10.0. The van der Waals surface area contributed by atoms with Gasteiger partial charge in [-0.1, -0.05) is 27.2 Å². The third kappa shape index (κ3) is 2.56. The zero-order valence-electron chi connectivity index (χ0n) is 13.5. The number of hydrogen-bond donors (Lipinski definition) is 1. The first kappa shape index (κ1) is 14.8. The molecule has 1 N–H and O–H groups in total. The molecule has 1 aliphatic rings. The summed E-state index contributed by atoms with van der Waals surface area (Å²) >= 11 is 5.63. The SMILES string of the molecule is CCCc1nn(C)c2c1[nH]c(=S)n2C1CC(C)CC(C)C1. The number of fused-ring (bicyclic) bond motifs is 1. The topological polar surface area (TPSA) is 38.5 Å². The van der Waals surface area contributed by atoms with Crippen molar-refractivity contribution in [2.75, 3.05) is 0 Å². The molecule has 1 aliphatic carbocycles. The average molecular weight is 306 g/mol. The molecule has 1 fully saturated rings. The first-order valence-electron chi connectivity index (χ1n) is 8.17. The molecule has 0 amide bonds. The number of H-pyrrole nitrogens is 1. The molecule has 3 rings (SSSR count). The van der Waals surface area contributed by atoms with Crippen LogP contribution in [0.2, 0.25) is 0 Å². The van der Waals surface area contributed by atoms with E-state index in [0.29, 0.717) is 6.04 Å². The molecule has 21 heavy (non-hydrogen) atoms. The molecular weight excluding hydrogens is 280 g/mol. The highest BCUT2D eigenvalue weighted by Crippen LogP contribution is 2.38.